The fourth-order valence-electron chi connectivity index (χ4n) is 1.92. The minimum Gasteiger partial charge on any atom is -0.327 e. The first-order valence-corrected chi connectivity index (χ1v) is 8.64. The fraction of sp³-hybridized carbons (Fsp3) is 0.200. The average Bonchev–Trinajstić information content (AvgIpc) is 2.56. The number of aromatic amines is 1. The van der Waals surface area contributed by atoms with Crippen molar-refractivity contribution in [3.8, 4) is 0 Å². The smallest absolute Gasteiger partial charge is 0.327 e. The number of halogens is 3. The van der Waals surface area contributed by atoms with Crippen molar-refractivity contribution >= 4 is 21.4 Å². The Labute approximate surface area is 140 Å². The molecule has 2 aromatic rings. The van der Waals surface area contributed by atoms with E-state index in [1.54, 1.807) is 0 Å². The first-order valence-electron chi connectivity index (χ1n) is 6.98. The van der Waals surface area contributed by atoms with E-state index in [2.05, 4.69) is 5.32 Å². The maximum Gasteiger partial charge on any atom is 0.417 e. The molecule has 0 spiro atoms. The maximum atomic E-state index is 12.7. The molecule has 25 heavy (non-hydrogen) atoms. The van der Waals surface area contributed by atoms with Crippen LogP contribution in [-0.2, 0) is 16.0 Å². The van der Waals surface area contributed by atoms with Crippen LogP contribution in [0.15, 0.2) is 46.2 Å². The van der Waals surface area contributed by atoms with Crippen molar-refractivity contribution in [3.63, 3.8) is 0 Å². The molecule has 0 saturated heterocycles. The molecule has 6 nitrogen and oxygen atoms in total. The number of benzene rings is 1. The number of alkyl halides is 3. The Balaban J connectivity index is 2.27. The number of hydrogen-bond acceptors (Lipinski definition) is 4. The zero-order valence-electron chi connectivity index (χ0n) is 12.8. The van der Waals surface area contributed by atoms with Gasteiger partial charge in [0.1, 0.15) is 5.69 Å². The number of rotatable bonds is 4. The molecule has 0 atom stereocenters. The van der Waals surface area contributed by atoms with E-state index < -0.39 is 38.7 Å². The molecular weight excluding hydrogens is 361 g/mol. The molecule has 1 amide bonds. The van der Waals surface area contributed by atoms with Gasteiger partial charge in [0.15, 0.2) is 9.84 Å². The Bertz CT molecular complexity index is 948. The van der Waals surface area contributed by atoms with Crippen LogP contribution >= 0.6 is 0 Å². The summed E-state index contributed by atoms with van der Waals surface area (Å²) in [5.41, 5.74) is -2.59. The first-order chi connectivity index (χ1) is 11.5. The molecule has 134 valence electrons. The van der Waals surface area contributed by atoms with Crippen LogP contribution in [0.4, 0.5) is 18.9 Å². The van der Waals surface area contributed by atoms with Gasteiger partial charge in [-0.2, -0.15) is 13.2 Å². The second-order valence-electron chi connectivity index (χ2n) is 5.01. The quantitative estimate of drug-likeness (QED) is 0.859. The molecule has 0 saturated carbocycles. The first kappa shape index (κ1) is 18.7. The van der Waals surface area contributed by atoms with Gasteiger partial charge in [0.2, 0.25) is 0 Å². The summed E-state index contributed by atoms with van der Waals surface area (Å²) in [5, 5.41) is 2.08. The summed E-state index contributed by atoms with van der Waals surface area (Å²) in [6.07, 6.45) is -4.18. The van der Waals surface area contributed by atoms with Gasteiger partial charge < -0.3 is 10.3 Å². The van der Waals surface area contributed by atoms with Crippen LogP contribution < -0.4 is 10.9 Å². The van der Waals surface area contributed by atoms with Gasteiger partial charge in [-0.25, -0.2) is 8.42 Å². The topological polar surface area (TPSA) is 96.1 Å². The number of amides is 1. The molecule has 0 aliphatic carbocycles. The lowest BCUT2D eigenvalue weighted by atomic mass is 10.2. The second-order valence-corrected chi connectivity index (χ2v) is 7.29. The Morgan fingerprint density at radius 1 is 1.20 bits per heavy atom. The van der Waals surface area contributed by atoms with E-state index in [-0.39, 0.29) is 16.2 Å². The van der Waals surface area contributed by atoms with Crippen molar-refractivity contribution in [2.24, 2.45) is 0 Å². The summed E-state index contributed by atoms with van der Waals surface area (Å²) < 4.78 is 61.4. The second kappa shape index (κ2) is 6.71. The number of H-pyrrole nitrogens is 1. The number of sulfone groups is 1. The van der Waals surface area contributed by atoms with E-state index in [0.29, 0.717) is 12.3 Å². The molecule has 0 bridgehead atoms. The van der Waals surface area contributed by atoms with Crippen molar-refractivity contribution in [1.82, 2.24) is 4.98 Å². The highest BCUT2D eigenvalue weighted by Gasteiger charge is 2.31. The summed E-state index contributed by atoms with van der Waals surface area (Å²) in [7, 11) is -3.44. The third kappa shape index (κ3) is 4.27. The molecule has 10 heteroatoms. The van der Waals surface area contributed by atoms with Gasteiger partial charge in [0.25, 0.3) is 11.5 Å². The third-order valence-electron chi connectivity index (χ3n) is 3.33. The zero-order valence-corrected chi connectivity index (χ0v) is 13.7. The van der Waals surface area contributed by atoms with Crippen LogP contribution in [0.3, 0.4) is 0 Å². The molecule has 0 aliphatic rings. The van der Waals surface area contributed by atoms with Crippen molar-refractivity contribution in [1.29, 1.82) is 0 Å². The van der Waals surface area contributed by atoms with E-state index in [1.165, 1.54) is 31.2 Å². The van der Waals surface area contributed by atoms with Crippen LogP contribution in [-0.4, -0.2) is 25.1 Å². The van der Waals surface area contributed by atoms with Crippen molar-refractivity contribution in [3.05, 3.63) is 58.0 Å². The molecule has 2 N–H and O–H groups in total. The van der Waals surface area contributed by atoms with Gasteiger partial charge in [-0.3, -0.25) is 9.59 Å². The third-order valence-corrected chi connectivity index (χ3v) is 5.08. The number of carbonyl (C=O) groups is 1. The predicted octanol–water partition coefficient (Wildman–Crippen LogP) is 2.44. The lowest BCUT2D eigenvalue weighted by Crippen LogP contribution is -2.21. The van der Waals surface area contributed by atoms with Crippen LogP contribution in [0, 0.1) is 0 Å². The average molecular weight is 374 g/mol. The molecule has 0 radical (unpaired) electrons. The highest BCUT2D eigenvalue weighted by atomic mass is 32.2. The monoisotopic (exact) mass is 374 g/mol. The van der Waals surface area contributed by atoms with Crippen LogP contribution in [0.5, 0.6) is 0 Å². The molecule has 2 rings (SSSR count). The number of nitrogens with one attached hydrogen (secondary N) is 2. The Kier molecular flexibility index (Phi) is 5.02. The lowest BCUT2D eigenvalue weighted by molar-refractivity contribution is -0.137. The molecule has 1 aromatic carbocycles. The van der Waals surface area contributed by atoms with Gasteiger partial charge in [0.05, 0.1) is 16.2 Å². The molecule has 0 fully saturated rings. The van der Waals surface area contributed by atoms with Gasteiger partial charge in [-0.1, -0.05) is 6.92 Å². The summed E-state index contributed by atoms with van der Waals surface area (Å²) in [5.74, 6) is -0.955. The standard InChI is InChI=1S/C15H13F3N2O4S/c1-2-25(23,24)11-5-3-9(4-6-11)13(21)20-12-7-10(15(16,17)18)8-19-14(12)22/h3-8H,2H2,1H3,(H,19,22)(H,20,21). The minimum atomic E-state index is -4.68. The summed E-state index contributed by atoms with van der Waals surface area (Å²) in [6.45, 7) is 1.47. The number of hydrogen-bond donors (Lipinski definition) is 2. The van der Waals surface area contributed by atoms with E-state index in [9.17, 15) is 31.2 Å². The summed E-state index contributed by atoms with van der Waals surface area (Å²) >= 11 is 0. The lowest BCUT2D eigenvalue weighted by Gasteiger charge is -2.09. The zero-order chi connectivity index (χ0) is 18.8. The SMILES string of the molecule is CCS(=O)(=O)c1ccc(C(=O)Nc2cc(C(F)(F)F)c[nH]c2=O)cc1. The van der Waals surface area contributed by atoms with Crippen LogP contribution in [0.1, 0.15) is 22.8 Å². The molecule has 1 heterocycles. The number of anilines is 1. The normalized spacial score (nSPS) is 12.0. The predicted molar refractivity (Wildman–Crippen MR) is 84.2 cm³/mol. The van der Waals surface area contributed by atoms with E-state index in [4.69, 9.17) is 0 Å². The summed E-state index contributed by atoms with van der Waals surface area (Å²) in [6, 6.07) is 5.36. The summed E-state index contributed by atoms with van der Waals surface area (Å²) in [4.78, 5) is 25.6. The number of pyridine rings is 1. The van der Waals surface area contributed by atoms with E-state index in [1.807, 2.05) is 4.98 Å². The molecule has 0 aliphatic heterocycles. The Hall–Kier alpha value is -2.62. The van der Waals surface area contributed by atoms with E-state index in [0.717, 1.165) is 0 Å². The molecule has 0 unspecified atom stereocenters. The van der Waals surface area contributed by atoms with Crippen molar-refractivity contribution in [2.75, 3.05) is 11.1 Å². The highest BCUT2D eigenvalue weighted by molar-refractivity contribution is 7.91. The Morgan fingerprint density at radius 3 is 2.32 bits per heavy atom. The van der Waals surface area contributed by atoms with Crippen molar-refractivity contribution in [2.45, 2.75) is 18.0 Å². The highest BCUT2D eigenvalue weighted by Crippen LogP contribution is 2.29. The molecular formula is C15H13F3N2O4S. The largest absolute Gasteiger partial charge is 0.417 e. The number of aromatic nitrogens is 1. The van der Waals surface area contributed by atoms with Crippen LogP contribution in [0.2, 0.25) is 0 Å². The van der Waals surface area contributed by atoms with Gasteiger partial charge in [-0.15, -0.1) is 0 Å². The maximum absolute atomic E-state index is 12.7. The fourth-order valence-corrected chi connectivity index (χ4v) is 2.80. The van der Waals surface area contributed by atoms with Crippen molar-refractivity contribution < 1.29 is 26.4 Å². The minimum absolute atomic E-state index is 0.00753. The van der Waals surface area contributed by atoms with Crippen LogP contribution in [0.25, 0.3) is 0 Å². The van der Waals surface area contributed by atoms with Gasteiger partial charge in [-0.05, 0) is 30.3 Å². The van der Waals surface area contributed by atoms with Gasteiger partial charge >= 0.3 is 6.18 Å². The number of carbonyl (C=O) groups excluding carboxylic acids is 1. The van der Waals surface area contributed by atoms with Gasteiger partial charge in [0, 0.05) is 11.8 Å². The Morgan fingerprint density at radius 2 is 1.80 bits per heavy atom. The van der Waals surface area contributed by atoms with E-state index >= 15 is 0 Å². The molecule has 1 aromatic heterocycles.